The zero-order chi connectivity index (χ0) is 16.1. The van der Waals surface area contributed by atoms with E-state index in [9.17, 15) is 0 Å². The molecule has 5 rings (SSSR count). The van der Waals surface area contributed by atoms with Crippen LogP contribution < -0.4 is 0 Å². The molecule has 4 heteroatoms. The van der Waals surface area contributed by atoms with E-state index in [2.05, 4.69) is 58.0 Å². The number of benzene rings is 1. The largest absolute Gasteiger partial charge is 0.346 e. The van der Waals surface area contributed by atoms with Crippen molar-refractivity contribution in [3.63, 3.8) is 0 Å². The first-order valence-electron chi connectivity index (χ1n) is 8.88. The minimum absolute atomic E-state index is 0.629. The normalized spacial score (nSPS) is 18.0. The number of aryl methyl sites for hydroxylation is 1. The highest BCUT2D eigenvalue weighted by Crippen LogP contribution is 2.38. The summed E-state index contributed by atoms with van der Waals surface area (Å²) in [6, 6.07) is 10.9. The van der Waals surface area contributed by atoms with Gasteiger partial charge in [0.25, 0.3) is 0 Å². The first-order valence-corrected chi connectivity index (χ1v) is 8.88. The van der Waals surface area contributed by atoms with Crippen LogP contribution in [0.5, 0.6) is 0 Å². The number of para-hydroxylation sites is 1. The Morgan fingerprint density at radius 2 is 2.08 bits per heavy atom. The van der Waals surface area contributed by atoms with Crippen molar-refractivity contribution < 1.29 is 0 Å². The van der Waals surface area contributed by atoms with E-state index in [0.717, 1.165) is 31.9 Å². The molecular weight excluding hydrogens is 296 g/mol. The second kappa shape index (κ2) is 5.42. The van der Waals surface area contributed by atoms with E-state index in [1.54, 1.807) is 0 Å². The summed E-state index contributed by atoms with van der Waals surface area (Å²) in [5, 5.41) is 1.32. The molecule has 0 N–H and O–H groups in total. The molecule has 1 aliphatic heterocycles. The molecule has 0 spiro atoms. The van der Waals surface area contributed by atoms with Gasteiger partial charge in [0.1, 0.15) is 5.82 Å². The fourth-order valence-corrected chi connectivity index (χ4v) is 3.77. The molecule has 0 unspecified atom stereocenters. The van der Waals surface area contributed by atoms with Gasteiger partial charge in [-0.05, 0) is 42.3 Å². The molecule has 0 atom stereocenters. The number of hydrogen-bond acceptors (Lipinski definition) is 3. The van der Waals surface area contributed by atoms with Crippen molar-refractivity contribution in [2.24, 2.45) is 7.05 Å². The molecule has 1 aromatic carbocycles. The molecule has 122 valence electrons. The zero-order valence-electron chi connectivity index (χ0n) is 14.1. The second-order valence-corrected chi connectivity index (χ2v) is 7.19. The molecule has 1 saturated carbocycles. The van der Waals surface area contributed by atoms with Crippen molar-refractivity contribution >= 4 is 10.9 Å². The lowest BCUT2D eigenvalue weighted by atomic mass is 10.1. The van der Waals surface area contributed by atoms with Gasteiger partial charge in [-0.15, -0.1) is 0 Å². The molecule has 24 heavy (non-hydrogen) atoms. The molecule has 2 aromatic heterocycles. The first-order chi connectivity index (χ1) is 11.8. The minimum Gasteiger partial charge on any atom is -0.346 e. The summed E-state index contributed by atoms with van der Waals surface area (Å²) in [5.41, 5.74) is 5.27. The molecule has 0 bridgehead atoms. The number of rotatable bonds is 3. The number of nitrogens with zero attached hydrogens (tertiary/aromatic N) is 4. The highest BCUT2D eigenvalue weighted by Gasteiger charge is 2.28. The van der Waals surface area contributed by atoms with E-state index in [1.807, 2.05) is 0 Å². The second-order valence-electron chi connectivity index (χ2n) is 7.19. The minimum atomic E-state index is 0.629. The van der Waals surface area contributed by atoms with Crippen LogP contribution in [0.1, 0.15) is 41.5 Å². The van der Waals surface area contributed by atoms with E-state index in [1.165, 1.54) is 40.7 Å². The van der Waals surface area contributed by atoms with Gasteiger partial charge in [-0.25, -0.2) is 9.97 Å². The van der Waals surface area contributed by atoms with Crippen molar-refractivity contribution in [3.8, 4) is 0 Å². The summed E-state index contributed by atoms with van der Waals surface area (Å²) in [6.07, 6.45) is 5.66. The highest BCUT2D eigenvalue weighted by atomic mass is 15.2. The van der Waals surface area contributed by atoms with Crippen molar-refractivity contribution in [2.45, 2.75) is 38.3 Å². The summed E-state index contributed by atoms with van der Waals surface area (Å²) in [7, 11) is 2.17. The van der Waals surface area contributed by atoms with Crippen LogP contribution in [0.15, 0.2) is 36.5 Å². The summed E-state index contributed by atoms with van der Waals surface area (Å²) < 4.78 is 2.32. The first kappa shape index (κ1) is 14.2. The third-order valence-electron chi connectivity index (χ3n) is 5.42. The molecule has 0 saturated heterocycles. The van der Waals surface area contributed by atoms with Gasteiger partial charge in [0.05, 0.1) is 5.69 Å². The van der Waals surface area contributed by atoms with Crippen LogP contribution in [0.3, 0.4) is 0 Å². The van der Waals surface area contributed by atoms with Gasteiger partial charge in [-0.1, -0.05) is 18.2 Å². The lowest BCUT2D eigenvalue weighted by Crippen LogP contribution is -2.31. The Morgan fingerprint density at radius 1 is 1.21 bits per heavy atom. The Balaban J connectivity index is 1.40. The van der Waals surface area contributed by atoms with Crippen molar-refractivity contribution in [1.29, 1.82) is 0 Å². The van der Waals surface area contributed by atoms with E-state index in [0.29, 0.717) is 5.92 Å². The number of fused-ring (bicyclic) bond motifs is 2. The Kier molecular flexibility index (Phi) is 3.20. The molecule has 2 aliphatic rings. The quantitative estimate of drug-likeness (QED) is 0.742. The van der Waals surface area contributed by atoms with Crippen molar-refractivity contribution in [1.82, 2.24) is 19.4 Å². The fourth-order valence-electron chi connectivity index (χ4n) is 3.77. The average Bonchev–Trinajstić information content (AvgIpc) is 3.41. The Labute approximate surface area is 142 Å². The van der Waals surface area contributed by atoms with Gasteiger partial charge in [0.15, 0.2) is 0 Å². The summed E-state index contributed by atoms with van der Waals surface area (Å²) >= 11 is 0. The van der Waals surface area contributed by atoms with Crippen molar-refractivity contribution in [2.75, 3.05) is 6.54 Å². The van der Waals surface area contributed by atoms with Crippen LogP contribution in [-0.4, -0.2) is 26.0 Å². The van der Waals surface area contributed by atoms with Crippen LogP contribution in [0, 0.1) is 0 Å². The molecule has 3 aromatic rings. The van der Waals surface area contributed by atoms with Gasteiger partial charge in [-0.3, -0.25) is 4.90 Å². The molecule has 1 aliphatic carbocycles. The van der Waals surface area contributed by atoms with Gasteiger partial charge < -0.3 is 4.57 Å². The Bertz CT molecular complexity index is 907. The molecule has 1 fully saturated rings. The van der Waals surface area contributed by atoms with Gasteiger partial charge in [-0.2, -0.15) is 0 Å². The monoisotopic (exact) mass is 318 g/mol. The maximum atomic E-state index is 4.87. The summed E-state index contributed by atoms with van der Waals surface area (Å²) in [6.45, 7) is 3.01. The maximum absolute atomic E-state index is 4.87. The standard InChI is InChI=1S/C20H22N4/c1-23-17(10-15-4-2-3-5-19(15)23)12-24-9-8-16-11-21-20(14-6-7-14)22-18(16)13-24/h2-5,10-11,14H,6-9,12-13H2,1H3. The van der Waals surface area contributed by atoms with Gasteiger partial charge >= 0.3 is 0 Å². The van der Waals surface area contributed by atoms with E-state index in [-0.39, 0.29) is 0 Å². The SMILES string of the molecule is Cn1c(CN2CCc3cnc(C4CC4)nc3C2)cc2ccccc21. The van der Waals surface area contributed by atoms with E-state index < -0.39 is 0 Å². The van der Waals surface area contributed by atoms with Crippen molar-refractivity contribution in [3.05, 3.63) is 59.3 Å². The third kappa shape index (κ3) is 2.42. The topological polar surface area (TPSA) is 34.0 Å². The summed E-state index contributed by atoms with van der Waals surface area (Å²) in [4.78, 5) is 12.0. The summed E-state index contributed by atoms with van der Waals surface area (Å²) in [5.74, 6) is 1.70. The lowest BCUT2D eigenvalue weighted by Gasteiger charge is -2.28. The Hall–Kier alpha value is -2.20. The fraction of sp³-hybridized carbons (Fsp3) is 0.400. The molecule has 0 radical (unpaired) electrons. The van der Waals surface area contributed by atoms with E-state index in [4.69, 9.17) is 4.98 Å². The number of hydrogen-bond donors (Lipinski definition) is 0. The molecule has 0 amide bonds. The van der Waals surface area contributed by atoms with Gasteiger partial charge in [0.2, 0.25) is 0 Å². The predicted octanol–water partition coefficient (Wildman–Crippen LogP) is 3.40. The smallest absolute Gasteiger partial charge is 0.131 e. The molecular formula is C20H22N4. The van der Waals surface area contributed by atoms with Crippen LogP contribution in [0.4, 0.5) is 0 Å². The van der Waals surface area contributed by atoms with Gasteiger partial charge in [0, 0.05) is 50.0 Å². The van der Waals surface area contributed by atoms with Crippen LogP contribution in [0.25, 0.3) is 10.9 Å². The Morgan fingerprint density at radius 3 is 2.92 bits per heavy atom. The zero-order valence-corrected chi connectivity index (χ0v) is 14.1. The maximum Gasteiger partial charge on any atom is 0.131 e. The highest BCUT2D eigenvalue weighted by molar-refractivity contribution is 5.81. The molecule has 3 heterocycles. The van der Waals surface area contributed by atoms with Crippen LogP contribution in [0.2, 0.25) is 0 Å². The lowest BCUT2D eigenvalue weighted by molar-refractivity contribution is 0.236. The number of aromatic nitrogens is 3. The van der Waals surface area contributed by atoms with Crippen LogP contribution in [-0.2, 0) is 26.6 Å². The molecule has 4 nitrogen and oxygen atoms in total. The van der Waals surface area contributed by atoms with Crippen LogP contribution >= 0.6 is 0 Å². The predicted molar refractivity (Wildman–Crippen MR) is 94.7 cm³/mol. The average molecular weight is 318 g/mol. The van der Waals surface area contributed by atoms with E-state index >= 15 is 0 Å². The third-order valence-corrected chi connectivity index (χ3v) is 5.42.